The smallest absolute Gasteiger partial charge is 0.244 e. The predicted molar refractivity (Wildman–Crippen MR) is 180 cm³/mol. The van der Waals surface area contributed by atoms with Gasteiger partial charge in [0.1, 0.15) is 12.6 Å². The summed E-state index contributed by atoms with van der Waals surface area (Å²) < 4.78 is 27.0. The molecule has 236 valence electrons. The van der Waals surface area contributed by atoms with Crippen LogP contribution in [0.15, 0.2) is 60.7 Å². The highest BCUT2D eigenvalue weighted by Gasteiger charge is 2.35. The Labute approximate surface area is 283 Å². The molecule has 0 spiro atoms. The number of rotatable bonds is 11. The molecule has 1 unspecified atom stereocenters. The average molecular weight is 720 g/mol. The monoisotopic (exact) mass is 717 g/mol. The maximum Gasteiger partial charge on any atom is 0.244 e. The minimum atomic E-state index is -4.06. The number of halogens is 5. The van der Waals surface area contributed by atoms with Crippen LogP contribution in [-0.4, -0.2) is 50.0 Å². The van der Waals surface area contributed by atoms with Gasteiger partial charge in [0.05, 0.1) is 27.0 Å². The number of amides is 2. The van der Waals surface area contributed by atoms with Crippen molar-refractivity contribution in [2.45, 2.75) is 57.2 Å². The molecule has 1 saturated carbocycles. The van der Waals surface area contributed by atoms with Crippen LogP contribution in [0.4, 0.5) is 5.69 Å². The second kappa shape index (κ2) is 15.4. The zero-order valence-corrected chi connectivity index (χ0v) is 28.5. The van der Waals surface area contributed by atoms with Gasteiger partial charge in [0.25, 0.3) is 0 Å². The van der Waals surface area contributed by atoms with Gasteiger partial charge in [-0.25, -0.2) is 8.42 Å². The summed E-state index contributed by atoms with van der Waals surface area (Å²) in [6.07, 6.45) is 5.95. The van der Waals surface area contributed by atoms with Crippen molar-refractivity contribution in [1.29, 1.82) is 0 Å². The van der Waals surface area contributed by atoms with Gasteiger partial charge in [0, 0.05) is 29.1 Å². The molecule has 7 nitrogen and oxygen atoms in total. The summed E-state index contributed by atoms with van der Waals surface area (Å²) in [5.74, 6) is -0.985. The minimum Gasteiger partial charge on any atom is -0.352 e. The lowest BCUT2D eigenvalue weighted by molar-refractivity contribution is -0.140. The maximum atomic E-state index is 14.3. The molecule has 0 aliphatic heterocycles. The summed E-state index contributed by atoms with van der Waals surface area (Å²) >= 11 is 31.3. The molecule has 0 saturated heterocycles. The average Bonchev–Trinajstić information content (AvgIpc) is 2.97. The third-order valence-electron chi connectivity index (χ3n) is 7.52. The fraction of sp³-hybridized carbons (Fsp3) is 0.355. The van der Waals surface area contributed by atoms with E-state index in [2.05, 4.69) is 5.32 Å². The van der Waals surface area contributed by atoms with Crippen molar-refractivity contribution in [3.8, 4) is 0 Å². The second-order valence-corrected chi connectivity index (χ2v) is 14.8. The van der Waals surface area contributed by atoms with Gasteiger partial charge in [-0.3, -0.25) is 13.9 Å². The van der Waals surface area contributed by atoms with Crippen LogP contribution in [0.5, 0.6) is 0 Å². The Morgan fingerprint density at radius 1 is 0.864 bits per heavy atom. The first-order valence-corrected chi connectivity index (χ1v) is 17.8. The van der Waals surface area contributed by atoms with Crippen LogP contribution in [0, 0.1) is 0 Å². The summed E-state index contributed by atoms with van der Waals surface area (Å²) in [5, 5.41) is 4.03. The Morgan fingerprint density at radius 3 is 2.16 bits per heavy atom. The Bertz CT molecular complexity index is 1600. The van der Waals surface area contributed by atoms with Crippen LogP contribution in [-0.2, 0) is 32.6 Å². The fourth-order valence-electron chi connectivity index (χ4n) is 5.23. The first-order chi connectivity index (χ1) is 20.8. The SMILES string of the molecule is CS(=O)(=O)N(CC(=O)N(Cc1ccc(Cl)cc1Cl)C(Cc1ccccc1)C(=O)NC1CCCCC1)c1cc(Cl)c(Cl)cc1Cl. The molecular formula is C31H32Cl5N3O4S. The van der Waals surface area contributed by atoms with E-state index < -0.39 is 28.5 Å². The highest BCUT2D eigenvalue weighted by molar-refractivity contribution is 7.92. The first-order valence-electron chi connectivity index (χ1n) is 14.0. The summed E-state index contributed by atoms with van der Waals surface area (Å²) in [5.41, 5.74) is 1.34. The van der Waals surface area contributed by atoms with Crippen molar-refractivity contribution in [1.82, 2.24) is 10.2 Å². The number of sulfonamides is 1. The molecule has 3 aromatic rings. The third-order valence-corrected chi connectivity index (χ3v) is 10.3. The van der Waals surface area contributed by atoms with Gasteiger partial charge in [-0.1, -0.05) is 114 Å². The van der Waals surface area contributed by atoms with Crippen molar-refractivity contribution < 1.29 is 18.0 Å². The number of hydrogen-bond donors (Lipinski definition) is 1. The van der Waals surface area contributed by atoms with E-state index in [-0.39, 0.29) is 45.7 Å². The Morgan fingerprint density at radius 2 is 1.52 bits per heavy atom. The van der Waals surface area contributed by atoms with E-state index in [0.29, 0.717) is 15.6 Å². The highest BCUT2D eigenvalue weighted by atomic mass is 35.5. The number of nitrogens with one attached hydrogen (secondary N) is 1. The van der Waals surface area contributed by atoms with Gasteiger partial charge in [0.15, 0.2) is 0 Å². The highest BCUT2D eigenvalue weighted by Crippen LogP contribution is 2.36. The molecule has 0 heterocycles. The second-order valence-electron chi connectivity index (χ2n) is 10.8. The molecule has 13 heteroatoms. The van der Waals surface area contributed by atoms with Crippen LogP contribution >= 0.6 is 58.0 Å². The quantitative estimate of drug-likeness (QED) is 0.205. The zero-order valence-electron chi connectivity index (χ0n) is 23.9. The van der Waals surface area contributed by atoms with Crippen molar-refractivity contribution >= 4 is 85.5 Å². The van der Waals surface area contributed by atoms with Gasteiger partial charge in [-0.05, 0) is 48.2 Å². The lowest BCUT2D eigenvalue weighted by Crippen LogP contribution is -2.55. The normalized spacial score (nSPS) is 14.6. The lowest BCUT2D eigenvalue weighted by atomic mass is 9.94. The van der Waals surface area contributed by atoms with Gasteiger partial charge < -0.3 is 10.2 Å². The molecule has 1 N–H and O–H groups in total. The van der Waals surface area contributed by atoms with E-state index in [0.717, 1.165) is 48.2 Å². The number of carbonyl (C=O) groups excluding carboxylic acids is 2. The van der Waals surface area contributed by atoms with E-state index in [9.17, 15) is 18.0 Å². The third kappa shape index (κ3) is 9.18. The lowest BCUT2D eigenvalue weighted by Gasteiger charge is -2.35. The first kappa shape index (κ1) is 34.7. The van der Waals surface area contributed by atoms with Crippen molar-refractivity contribution in [3.63, 3.8) is 0 Å². The number of hydrogen-bond acceptors (Lipinski definition) is 4. The number of anilines is 1. The van der Waals surface area contributed by atoms with Gasteiger partial charge >= 0.3 is 0 Å². The molecule has 0 aromatic heterocycles. The van der Waals surface area contributed by atoms with E-state index in [4.69, 9.17) is 58.0 Å². The van der Waals surface area contributed by atoms with E-state index in [1.54, 1.807) is 18.2 Å². The van der Waals surface area contributed by atoms with Crippen molar-refractivity contribution in [2.24, 2.45) is 0 Å². The Kier molecular flexibility index (Phi) is 12.1. The van der Waals surface area contributed by atoms with E-state index >= 15 is 0 Å². The maximum absolute atomic E-state index is 14.3. The van der Waals surface area contributed by atoms with Crippen LogP contribution in [0.2, 0.25) is 25.1 Å². The summed E-state index contributed by atoms with van der Waals surface area (Å²) in [7, 11) is -4.06. The molecule has 1 fully saturated rings. The summed E-state index contributed by atoms with van der Waals surface area (Å²) in [4.78, 5) is 29.7. The Hall–Kier alpha value is -2.20. The fourth-order valence-corrected chi connectivity index (χ4v) is 7.24. The summed E-state index contributed by atoms with van der Waals surface area (Å²) in [6, 6.07) is 15.8. The van der Waals surface area contributed by atoms with Crippen LogP contribution in [0.3, 0.4) is 0 Å². The molecule has 1 aliphatic rings. The van der Waals surface area contributed by atoms with Crippen LogP contribution < -0.4 is 9.62 Å². The van der Waals surface area contributed by atoms with Crippen molar-refractivity contribution in [3.05, 3.63) is 96.9 Å². The van der Waals surface area contributed by atoms with Crippen molar-refractivity contribution in [2.75, 3.05) is 17.1 Å². The molecule has 0 radical (unpaired) electrons. The van der Waals surface area contributed by atoms with E-state index in [1.807, 2.05) is 30.3 Å². The van der Waals surface area contributed by atoms with E-state index in [1.165, 1.54) is 17.0 Å². The molecule has 44 heavy (non-hydrogen) atoms. The minimum absolute atomic E-state index is 0.0132. The van der Waals surface area contributed by atoms with Gasteiger partial charge in [-0.15, -0.1) is 0 Å². The number of benzene rings is 3. The Balaban J connectivity index is 1.77. The molecule has 4 rings (SSSR count). The number of nitrogens with zero attached hydrogens (tertiary/aromatic N) is 2. The molecule has 1 aliphatic carbocycles. The predicted octanol–water partition coefficient (Wildman–Crippen LogP) is 7.81. The molecular weight excluding hydrogens is 688 g/mol. The van der Waals surface area contributed by atoms with Crippen LogP contribution in [0.1, 0.15) is 43.2 Å². The van der Waals surface area contributed by atoms with Crippen LogP contribution in [0.25, 0.3) is 0 Å². The number of carbonyl (C=O) groups is 2. The molecule has 0 bridgehead atoms. The zero-order chi connectivity index (χ0) is 32.0. The van der Waals surface area contributed by atoms with Gasteiger partial charge in [-0.2, -0.15) is 0 Å². The summed E-state index contributed by atoms with van der Waals surface area (Å²) in [6.45, 7) is -0.749. The molecule has 2 amide bonds. The standard InChI is InChI=1S/C31H32Cl5N3O4S/c1-44(42,43)39(28-17-26(35)25(34)16-27(28)36)19-30(40)38(18-21-12-13-22(32)15-24(21)33)29(14-20-8-4-2-5-9-20)31(41)37-23-10-6-3-7-11-23/h2,4-5,8-9,12-13,15-17,23,29H,3,6-7,10-11,14,18-19H2,1H3,(H,37,41). The van der Waals surface area contributed by atoms with Gasteiger partial charge in [0.2, 0.25) is 21.8 Å². The molecule has 3 aromatic carbocycles. The molecule has 1 atom stereocenters. The topological polar surface area (TPSA) is 86.8 Å². The largest absolute Gasteiger partial charge is 0.352 e.